The summed E-state index contributed by atoms with van der Waals surface area (Å²) < 4.78 is 9.94. The Morgan fingerprint density at radius 1 is 1.00 bits per heavy atom. The minimum atomic E-state index is -0.354. The Morgan fingerprint density at radius 3 is 2.12 bits per heavy atom. The third kappa shape index (κ3) is 4.72. The van der Waals surface area contributed by atoms with Crippen LogP contribution in [0, 0.1) is 11.8 Å². The molecule has 0 aliphatic heterocycles. The SMILES string of the molecule is COCCOC(=O)c1ccc(C#Cc2ccc(C3CC(N)C3)cc2)cc1. The van der Waals surface area contributed by atoms with Crippen molar-refractivity contribution in [3.05, 3.63) is 70.8 Å². The predicted molar refractivity (Wildman–Crippen MR) is 101 cm³/mol. The molecule has 0 heterocycles. The molecule has 0 bridgehead atoms. The molecule has 1 aliphatic rings. The van der Waals surface area contributed by atoms with Crippen LogP contribution in [0.15, 0.2) is 48.5 Å². The molecule has 0 unspecified atom stereocenters. The summed E-state index contributed by atoms with van der Waals surface area (Å²) in [6, 6.07) is 15.8. The van der Waals surface area contributed by atoms with Crippen LogP contribution < -0.4 is 5.73 Å². The molecule has 2 aromatic rings. The second-order valence-electron chi connectivity index (χ2n) is 6.51. The Labute approximate surface area is 154 Å². The highest BCUT2D eigenvalue weighted by Crippen LogP contribution is 2.35. The van der Waals surface area contributed by atoms with Gasteiger partial charge in [0, 0.05) is 24.3 Å². The molecule has 1 aliphatic carbocycles. The molecule has 2 aromatic carbocycles. The molecule has 1 fully saturated rings. The van der Waals surface area contributed by atoms with Gasteiger partial charge in [-0.1, -0.05) is 24.0 Å². The number of carbonyl (C=O) groups excluding carboxylic acids is 1. The molecule has 0 aromatic heterocycles. The average molecular weight is 349 g/mol. The molecule has 134 valence electrons. The summed E-state index contributed by atoms with van der Waals surface area (Å²) in [6.45, 7) is 0.640. The first-order valence-electron chi connectivity index (χ1n) is 8.79. The first kappa shape index (κ1) is 18.2. The molecule has 1 saturated carbocycles. The Morgan fingerprint density at radius 2 is 1.58 bits per heavy atom. The number of benzene rings is 2. The van der Waals surface area contributed by atoms with Crippen molar-refractivity contribution in [3.8, 4) is 11.8 Å². The lowest BCUT2D eigenvalue weighted by atomic mass is 9.76. The van der Waals surface area contributed by atoms with Gasteiger partial charge in [0.2, 0.25) is 0 Å². The van der Waals surface area contributed by atoms with Crippen LogP contribution in [0.4, 0.5) is 0 Å². The van der Waals surface area contributed by atoms with Gasteiger partial charge in [0.15, 0.2) is 0 Å². The van der Waals surface area contributed by atoms with Crippen LogP contribution in [-0.4, -0.2) is 32.3 Å². The van der Waals surface area contributed by atoms with E-state index in [1.165, 1.54) is 5.56 Å². The van der Waals surface area contributed by atoms with Crippen molar-refractivity contribution in [1.29, 1.82) is 0 Å². The van der Waals surface area contributed by atoms with Gasteiger partial charge in [-0.05, 0) is 60.7 Å². The highest BCUT2D eigenvalue weighted by molar-refractivity contribution is 5.89. The van der Waals surface area contributed by atoms with Crippen LogP contribution in [0.2, 0.25) is 0 Å². The van der Waals surface area contributed by atoms with Crippen molar-refractivity contribution < 1.29 is 14.3 Å². The maximum Gasteiger partial charge on any atom is 0.338 e. The molecular formula is C22H23NO3. The second-order valence-corrected chi connectivity index (χ2v) is 6.51. The summed E-state index contributed by atoms with van der Waals surface area (Å²) >= 11 is 0. The van der Waals surface area contributed by atoms with E-state index in [0.29, 0.717) is 24.1 Å². The molecule has 4 heteroatoms. The normalized spacial score (nSPS) is 18.4. The summed E-state index contributed by atoms with van der Waals surface area (Å²) in [6.07, 6.45) is 2.15. The van der Waals surface area contributed by atoms with Crippen LogP contribution in [0.1, 0.15) is 45.8 Å². The molecular weight excluding hydrogens is 326 g/mol. The van der Waals surface area contributed by atoms with Gasteiger partial charge in [0.25, 0.3) is 0 Å². The lowest BCUT2D eigenvalue weighted by Crippen LogP contribution is -2.34. The number of nitrogens with two attached hydrogens (primary N) is 1. The quantitative estimate of drug-likeness (QED) is 0.512. The lowest BCUT2D eigenvalue weighted by Gasteiger charge is -2.32. The topological polar surface area (TPSA) is 61.5 Å². The van der Waals surface area contributed by atoms with Gasteiger partial charge in [0.05, 0.1) is 12.2 Å². The minimum absolute atomic E-state index is 0.250. The van der Waals surface area contributed by atoms with Gasteiger partial charge in [0.1, 0.15) is 6.61 Å². The largest absolute Gasteiger partial charge is 0.460 e. The molecule has 2 N–H and O–H groups in total. The number of hydrogen-bond donors (Lipinski definition) is 1. The first-order chi connectivity index (χ1) is 12.7. The van der Waals surface area contributed by atoms with E-state index in [0.717, 1.165) is 24.0 Å². The second kappa shape index (κ2) is 8.66. The number of carbonyl (C=O) groups is 1. The summed E-state index contributed by atoms with van der Waals surface area (Å²) in [5.41, 5.74) is 9.53. The number of ether oxygens (including phenoxy) is 2. The summed E-state index contributed by atoms with van der Waals surface area (Å²) in [5.74, 6) is 6.52. The van der Waals surface area contributed by atoms with Crippen molar-refractivity contribution in [2.75, 3.05) is 20.3 Å². The van der Waals surface area contributed by atoms with E-state index < -0.39 is 0 Å². The van der Waals surface area contributed by atoms with Crippen LogP contribution >= 0.6 is 0 Å². The van der Waals surface area contributed by atoms with Crippen molar-refractivity contribution in [2.24, 2.45) is 5.73 Å². The van der Waals surface area contributed by atoms with Crippen LogP contribution in [-0.2, 0) is 9.47 Å². The molecule has 4 nitrogen and oxygen atoms in total. The van der Waals surface area contributed by atoms with E-state index in [4.69, 9.17) is 15.2 Å². The number of esters is 1. The Kier molecular flexibility index (Phi) is 6.06. The van der Waals surface area contributed by atoms with Gasteiger partial charge in [-0.2, -0.15) is 0 Å². The van der Waals surface area contributed by atoms with E-state index in [-0.39, 0.29) is 12.6 Å². The fraction of sp³-hybridized carbons (Fsp3) is 0.318. The zero-order chi connectivity index (χ0) is 18.4. The van der Waals surface area contributed by atoms with Gasteiger partial charge in [-0.15, -0.1) is 0 Å². The highest BCUT2D eigenvalue weighted by Gasteiger charge is 2.26. The van der Waals surface area contributed by atoms with Crippen molar-refractivity contribution >= 4 is 5.97 Å². The summed E-state index contributed by atoms with van der Waals surface area (Å²) in [7, 11) is 1.57. The van der Waals surface area contributed by atoms with E-state index in [1.807, 2.05) is 24.3 Å². The Bertz CT molecular complexity index is 794. The zero-order valence-electron chi connectivity index (χ0n) is 14.9. The molecule has 0 amide bonds. The average Bonchev–Trinajstić information content (AvgIpc) is 2.65. The molecule has 0 saturated heterocycles. The third-order valence-electron chi connectivity index (χ3n) is 4.55. The van der Waals surface area contributed by atoms with Crippen LogP contribution in [0.3, 0.4) is 0 Å². The first-order valence-corrected chi connectivity index (χ1v) is 8.79. The van der Waals surface area contributed by atoms with Crippen molar-refractivity contribution in [1.82, 2.24) is 0 Å². The molecule has 0 spiro atoms. The van der Waals surface area contributed by atoms with Gasteiger partial charge in [-0.25, -0.2) is 4.79 Å². The Hall–Kier alpha value is -2.61. The van der Waals surface area contributed by atoms with Crippen LogP contribution in [0.5, 0.6) is 0 Å². The summed E-state index contributed by atoms with van der Waals surface area (Å²) in [4.78, 5) is 11.8. The number of methoxy groups -OCH3 is 1. The van der Waals surface area contributed by atoms with Gasteiger partial charge < -0.3 is 15.2 Å². The molecule has 3 rings (SSSR count). The van der Waals surface area contributed by atoms with Gasteiger partial charge in [-0.3, -0.25) is 0 Å². The fourth-order valence-electron chi connectivity index (χ4n) is 2.91. The number of hydrogen-bond acceptors (Lipinski definition) is 4. The lowest BCUT2D eigenvalue weighted by molar-refractivity contribution is 0.0388. The van der Waals surface area contributed by atoms with E-state index in [2.05, 4.69) is 24.0 Å². The fourth-order valence-corrected chi connectivity index (χ4v) is 2.91. The van der Waals surface area contributed by atoms with E-state index in [1.54, 1.807) is 19.2 Å². The van der Waals surface area contributed by atoms with Crippen LogP contribution in [0.25, 0.3) is 0 Å². The predicted octanol–water partition coefficient (Wildman–Crippen LogP) is 3.09. The smallest absolute Gasteiger partial charge is 0.338 e. The Balaban J connectivity index is 1.58. The molecule has 26 heavy (non-hydrogen) atoms. The third-order valence-corrected chi connectivity index (χ3v) is 4.55. The maximum atomic E-state index is 11.8. The van der Waals surface area contributed by atoms with Crippen molar-refractivity contribution in [2.45, 2.75) is 24.8 Å². The summed E-state index contributed by atoms with van der Waals surface area (Å²) in [5, 5.41) is 0. The zero-order valence-corrected chi connectivity index (χ0v) is 14.9. The van der Waals surface area contributed by atoms with Crippen molar-refractivity contribution in [3.63, 3.8) is 0 Å². The maximum absolute atomic E-state index is 11.8. The molecule has 0 atom stereocenters. The monoisotopic (exact) mass is 349 g/mol. The van der Waals surface area contributed by atoms with E-state index in [9.17, 15) is 4.79 Å². The highest BCUT2D eigenvalue weighted by atomic mass is 16.6. The number of rotatable bonds is 5. The minimum Gasteiger partial charge on any atom is -0.460 e. The van der Waals surface area contributed by atoms with E-state index >= 15 is 0 Å². The van der Waals surface area contributed by atoms with Gasteiger partial charge >= 0.3 is 5.97 Å². The standard InChI is InChI=1S/C22H23NO3/c1-25-12-13-26-22(24)19-10-6-17(7-11-19)3-2-16-4-8-18(9-5-16)20-14-21(23)15-20/h4-11,20-21H,12-15,23H2,1H3. The molecule has 0 radical (unpaired) electrons.